The lowest BCUT2D eigenvalue weighted by atomic mass is 10.1. The minimum absolute atomic E-state index is 0.0262. The van der Waals surface area contributed by atoms with E-state index in [1.807, 2.05) is 42.5 Å². The van der Waals surface area contributed by atoms with Crippen LogP contribution in [0.5, 0.6) is 5.75 Å². The van der Waals surface area contributed by atoms with Crippen molar-refractivity contribution in [3.05, 3.63) is 60.2 Å². The summed E-state index contributed by atoms with van der Waals surface area (Å²) in [7, 11) is 1.63. The number of nitrogens with one attached hydrogen (secondary N) is 2. The van der Waals surface area contributed by atoms with Gasteiger partial charge in [0.25, 0.3) is 0 Å². The molecule has 0 saturated carbocycles. The van der Waals surface area contributed by atoms with Crippen LogP contribution in [0, 0.1) is 0 Å². The van der Waals surface area contributed by atoms with Crippen molar-refractivity contribution < 1.29 is 9.53 Å². The third kappa shape index (κ3) is 5.10. The summed E-state index contributed by atoms with van der Waals surface area (Å²) in [4.78, 5) is 16.4. The summed E-state index contributed by atoms with van der Waals surface area (Å²) >= 11 is 1.31. The second-order valence-electron chi connectivity index (χ2n) is 5.57. The van der Waals surface area contributed by atoms with Crippen LogP contribution >= 0.6 is 11.8 Å². The van der Waals surface area contributed by atoms with E-state index in [0.29, 0.717) is 17.5 Å². The number of hydrogen-bond donors (Lipinski definition) is 2. The summed E-state index contributed by atoms with van der Waals surface area (Å²) in [6, 6.07) is 17.6. The SMILES string of the molecule is COc1ccc(-c2nc(SCC(=O)NCCc3ccccc3)n[nH]2)cc1. The van der Waals surface area contributed by atoms with Gasteiger partial charge in [-0.25, -0.2) is 4.98 Å². The minimum Gasteiger partial charge on any atom is -0.497 e. The second-order valence-corrected chi connectivity index (χ2v) is 6.51. The molecule has 134 valence electrons. The Bertz CT molecular complexity index is 834. The minimum atomic E-state index is -0.0262. The Kier molecular flexibility index (Phi) is 6.27. The number of thioether (sulfide) groups is 1. The molecular formula is C19H20N4O2S. The quantitative estimate of drug-likeness (QED) is 0.598. The monoisotopic (exact) mass is 368 g/mol. The van der Waals surface area contributed by atoms with Gasteiger partial charge in [0.05, 0.1) is 12.9 Å². The topological polar surface area (TPSA) is 79.9 Å². The molecule has 0 spiro atoms. The van der Waals surface area contributed by atoms with Gasteiger partial charge >= 0.3 is 0 Å². The Morgan fingerprint density at radius 2 is 1.92 bits per heavy atom. The van der Waals surface area contributed by atoms with Gasteiger partial charge in [-0.05, 0) is 36.2 Å². The average Bonchev–Trinajstić information content (AvgIpc) is 3.16. The maximum Gasteiger partial charge on any atom is 0.230 e. The van der Waals surface area contributed by atoms with Crippen LogP contribution in [-0.2, 0) is 11.2 Å². The number of aromatic amines is 1. The van der Waals surface area contributed by atoms with Crippen molar-refractivity contribution in [2.75, 3.05) is 19.4 Å². The van der Waals surface area contributed by atoms with E-state index in [9.17, 15) is 4.79 Å². The molecule has 0 atom stereocenters. The van der Waals surface area contributed by atoms with Crippen molar-refractivity contribution in [1.29, 1.82) is 0 Å². The van der Waals surface area contributed by atoms with Gasteiger partial charge in [0.2, 0.25) is 11.1 Å². The first-order valence-electron chi connectivity index (χ1n) is 8.25. The van der Waals surface area contributed by atoms with Gasteiger partial charge in [0, 0.05) is 12.1 Å². The summed E-state index contributed by atoms with van der Waals surface area (Å²) in [6.07, 6.45) is 0.819. The van der Waals surface area contributed by atoms with Crippen molar-refractivity contribution in [1.82, 2.24) is 20.5 Å². The molecule has 7 heteroatoms. The van der Waals surface area contributed by atoms with Crippen LogP contribution in [0.15, 0.2) is 59.8 Å². The fourth-order valence-corrected chi connectivity index (χ4v) is 2.99. The molecule has 2 aromatic carbocycles. The lowest BCUT2D eigenvalue weighted by molar-refractivity contribution is -0.118. The Morgan fingerprint density at radius 1 is 1.15 bits per heavy atom. The molecule has 0 aliphatic carbocycles. The van der Waals surface area contributed by atoms with Gasteiger partial charge in [-0.3, -0.25) is 9.89 Å². The zero-order chi connectivity index (χ0) is 18.2. The van der Waals surface area contributed by atoms with E-state index in [-0.39, 0.29) is 11.7 Å². The van der Waals surface area contributed by atoms with Gasteiger partial charge in [0.1, 0.15) is 5.75 Å². The van der Waals surface area contributed by atoms with Crippen molar-refractivity contribution in [2.45, 2.75) is 11.6 Å². The largest absolute Gasteiger partial charge is 0.497 e. The first kappa shape index (κ1) is 18.0. The van der Waals surface area contributed by atoms with E-state index in [1.165, 1.54) is 17.3 Å². The van der Waals surface area contributed by atoms with Gasteiger partial charge in [-0.1, -0.05) is 42.1 Å². The Hall–Kier alpha value is -2.80. The molecule has 0 unspecified atom stereocenters. The number of nitrogens with zero attached hydrogens (tertiary/aromatic N) is 2. The number of amides is 1. The highest BCUT2D eigenvalue weighted by molar-refractivity contribution is 7.99. The third-order valence-corrected chi connectivity index (χ3v) is 4.59. The summed E-state index contributed by atoms with van der Waals surface area (Å²) in [5, 5.41) is 10.5. The predicted molar refractivity (Wildman–Crippen MR) is 102 cm³/mol. The first-order valence-corrected chi connectivity index (χ1v) is 9.23. The van der Waals surface area contributed by atoms with E-state index >= 15 is 0 Å². The molecule has 1 heterocycles. The van der Waals surface area contributed by atoms with Crippen LogP contribution in [0.1, 0.15) is 5.56 Å². The molecule has 0 aliphatic heterocycles. The number of ether oxygens (including phenoxy) is 1. The Labute approximate surface area is 156 Å². The Balaban J connectivity index is 1.44. The van der Waals surface area contributed by atoms with E-state index < -0.39 is 0 Å². The zero-order valence-electron chi connectivity index (χ0n) is 14.4. The Morgan fingerprint density at radius 3 is 2.65 bits per heavy atom. The predicted octanol–water partition coefficient (Wildman–Crippen LogP) is 2.93. The normalized spacial score (nSPS) is 10.5. The number of rotatable bonds is 8. The number of carbonyl (C=O) groups excluding carboxylic acids is 1. The molecule has 26 heavy (non-hydrogen) atoms. The van der Waals surface area contributed by atoms with Crippen LogP contribution < -0.4 is 10.1 Å². The summed E-state index contributed by atoms with van der Waals surface area (Å²) < 4.78 is 5.14. The van der Waals surface area contributed by atoms with Crippen molar-refractivity contribution in [2.24, 2.45) is 0 Å². The molecule has 0 fully saturated rings. The number of H-pyrrole nitrogens is 1. The molecule has 6 nitrogen and oxygen atoms in total. The highest BCUT2D eigenvalue weighted by Gasteiger charge is 2.09. The molecule has 3 aromatic rings. The number of hydrogen-bond acceptors (Lipinski definition) is 5. The fourth-order valence-electron chi connectivity index (χ4n) is 2.36. The fraction of sp³-hybridized carbons (Fsp3) is 0.211. The van der Waals surface area contributed by atoms with Crippen LogP contribution in [0.3, 0.4) is 0 Å². The van der Waals surface area contributed by atoms with Crippen LogP contribution in [0.4, 0.5) is 0 Å². The zero-order valence-corrected chi connectivity index (χ0v) is 15.3. The first-order chi connectivity index (χ1) is 12.7. The van der Waals surface area contributed by atoms with Crippen LogP contribution in [0.25, 0.3) is 11.4 Å². The smallest absolute Gasteiger partial charge is 0.230 e. The lowest BCUT2D eigenvalue weighted by Crippen LogP contribution is -2.27. The number of carbonyl (C=O) groups is 1. The van der Waals surface area contributed by atoms with E-state index in [2.05, 4.69) is 32.6 Å². The highest BCUT2D eigenvalue weighted by atomic mass is 32.2. The molecule has 2 N–H and O–H groups in total. The van der Waals surface area contributed by atoms with E-state index in [1.54, 1.807) is 7.11 Å². The molecule has 0 aliphatic rings. The highest BCUT2D eigenvalue weighted by Crippen LogP contribution is 2.21. The summed E-state index contributed by atoms with van der Waals surface area (Å²) in [5.74, 6) is 1.71. The van der Waals surface area contributed by atoms with Crippen LogP contribution in [-0.4, -0.2) is 40.5 Å². The van der Waals surface area contributed by atoms with Crippen molar-refractivity contribution >= 4 is 17.7 Å². The maximum absolute atomic E-state index is 11.9. The molecule has 0 bridgehead atoms. The van der Waals surface area contributed by atoms with Crippen LogP contribution in [0.2, 0.25) is 0 Å². The molecule has 1 aromatic heterocycles. The van der Waals surface area contributed by atoms with Crippen molar-refractivity contribution in [3.63, 3.8) is 0 Å². The number of methoxy groups -OCH3 is 1. The lowest BCUT2D eigenvalue weighted by Gasteiger charge is -2.04. The van der Waals surface area contributed by atoms with Gasteiger partial charge in [-0.2, -0.15) is 0 Å². The molecular weight excluding hydrogens is 348 g/mol. The molecule has 0 saturated heterocycles. The third-order valence-electron chi connectivity index (χ3n) is 3.74. The molecule has 1 amide bonds. The van der Waals surface area contributed by atoms with Gasteiger partial charge < -0.3 is 10.1 Å². The van der Waals surface area contributed by atoms with Gasteiger partial charge in [0.15, 0.2) is 5.82 Å². The number of benzene rings is 2. The van der Waals surface area contributed by atoms with E-state index in [0.717, 1.165) is 17.7 Å². The second kappa shape index (κ2) is 9.05. The van der Waals surface area contributed by atoms with Crippen molar-refractivity contribution in [3.8, 4) is 17.1 Å². The standard InChI is InChI=1S/C19H20N4O2S/c1-25-16-9-7-15(8-10-16)18-21-19(23-22-18)26-13-17(24)20-12-11-14-5-3-2-4-6-14/h2-10H,11-13H2,1H3,(H,20,24)(H,21,22,23). The maximum atomic E-state index is 11.9. The molecule has 0 radical (unpaired) electrons. The average molecular weight is 368 g/mol. The molecule has 3 rings (SSSR count). The van der Waals surface area contributed by atoms with Gasteiger partial charge in [-0.15, -0.1) is 5.10 Å². The summed E-state index contributed by atoms with van der Waals surface area (Å²) in [6.45, 7) is 0.620. The summed E-state index contributed by atoms with van der Waals surface area (Å²) in [5.41, 5.74) is 2.12. The van der Waals surface area contributed by atoms with E-state index in [4.69, 9.17) is 4.74 Å². The number of aromatic nitrogens is 3.